The Morgan fingerprint density at radius 2 is 0.818 bits per heavy atom. The Morgan fingerprint density at radius 1 is 0.345 bits per heavy atom. The quantitative estimate of drug-likeness (QED) is 0.172. The fourth-order valence-electron chi connectivity index (χ4n) is 8.78. The van der Waals surface area contributed by atoms with Crippen molar-refractivity contribution in [2.75, 3.05) is 0 Å². The smallest absolute Gasteiger partial charge is 0.200 e. The first-order valence-electron chi connectivity index (χ1n) is 18.3. The highest BCUT2D eigenvalue weighted by Gasteiger charge is 2.21. The number of rotatable bonds is 3. The van der Waals surface area contributed by atoms with Crippen molar-refractivity contribution in [3.8, 4) is 33.4 Å². The first-order valence-corrected chi connectivity index (χ1v) is 18.3. The van der Waals surface area contributed by atoms with E-state index < -0.39 is 0 Å². The summed E-state index contributed by atoms with van der Waals surface area (Å²) in [7, 11) is 0. The van der Waals surface area contributed by atoms with Crippen LogP contribution in [0.25, 0.3) is 115 Å². The fraction of sp³-hybridized carbons (Fsp3) is 0. The SMILES string of the molecule is O=c1c2ccccc2oc2ccc(-c3cc(-c4ccc5oc6ccccc6c(=O)c5c4)cc(-c4ccc5c6ccccc6n6c7ccccc7c4c56)c3)cc12. The molecule has 0 amide bonds. The Kier molecular flexibility index (Phi) is 6.01. The Bertz CT molecular complexity index is 3570. The van der Waals surface area contributed by atoms with Crippen molar-refractivity contribution in [3.05, 3.63) is 184 Å². The number of hydrogen-bond acceptors (Lipinski definition) is 4. The molecule has 0 fully saturated rings. The fourth-order valence-corrected chi connectivity index (χ4v) is 8.78. The van der Waals surface area contributed by atoms with Gasteiger partial charge in [0.1, 0.15) is 22.3 Å². The molecule has 0 N–H and O–H groups in total. The Hall–Kier alpha value is -7.50. The second-order valence-electron chi connectivity index (χ2n) is 14.3. The predicted molar refractivity (Wildman–Crippen MR) is 225 cm³/mol. The summed E-state index contributed by atoms with van der Waals surface area (Å²) in [5.74, 6) is 0. The van der Waals surface area contributed by atoms with Gasteiger partial charge in [-0.15, -0.1) is 0 Å². The molecule has 0 spiro atoms. The Morgan fingerprint density at radius 3 is 1.42 bits per heavy atom. The van der Waals surface area contributed by atoms with E-state index in [2.05, 4.69) is 83.3 Å². The monoisotopic (exact) mass is 705 g/mol. The zero-order chi connectivity index (χ0) is 36.4. The van der Waals surface area contributed by atoms with Crippen LogP contribution in [-0.4, -0.2) is 4.40 Å². The van der Waals surface area contributed by atoms with Crippen molar-refractivity contribution in [2.45, 2.75) is 0 Å². The van der Waals surface area contributed by atoms with Gasteiger partial charge in [-0.05, 0) is 112 Å². The van der Waals surface area contributed by atoms with Crippen LogP contribution in [0.5, 0.6) is 0 Å². The van der Waals surface area contributed by atoms with Crippen molar-refractivity contribution < 1.29 is 8.83 Å². The van der Waals surface area contributed by atoms with Crippen LogP contribution >= 0.6 is 0 Å². The molecule has 4 aromatic heterocycles. The maximum absolute atomic E-state index is 13.8. The van der Waals surface area contributed by atoms with Gasteiger partial charge in [0.25, 0.3) is 0 Å². The first-order chi connectivity index (χ1) is 27.1. The second kappa shape index (κ2) is 11.0. The Balaban J connectivity index is 1.15. The lowest BCUT2D eigenvalue weighted by Gasteiger charge is -2.14. The molecule has 0 unspecified atom stereocenters. The molecule has 55 heavy (non-hydrogen) atoms. The number of nitrogens with zero attached hydrogens (tertiary/aromatic N) is 1. The van der Waals surface area contributed by atoms with Gasteiger partial charge in [0.15, 0.2) is 0 Å². The lowest BCUT2D eigenvalue weighted by molar-refractivity contribution is 0.659. The van der Waals surface area contributed by atoms with E-state index in [-0.39, 0.29) is 10.9 Å². The maximum atomic E-state index is 13.8. The topological polar surface area (TPSA) is 64.8 Å². The molecule has 0 saturated heterocycles. The van der Waals surface area contributed by atoms with Crippen molar-refractivity contribution in [1.82, 2.24) is 4.40 Å². The lowest BCUT2D eigenvalue weighted by atomic mass is 9.90. The third kappa shape index (κ3) is 4.23. The predicted octanol–water partition coefficient (Wildman–Crippen LogP) is 12.4. The van der Waals surface area contributed by atoms with Crippen LogP contribution in [0.1, 0.15) is 0 Å². The second-order valence-corrected chi connectivity index (χ2v) is 14.3. The minimum Gasteiger partial charge on any atom is -0.456 e. The van der Waals surface area contributed by atoms with Crippen LogP contribution < -0.4 is 10.9 Å². The number of benzene rings is 8. The zero-order valence-corrected chi connectivity index (χ0v) is 29.2. The number of aromatic nitrogens is 1. The van der Waals surface area contributed by atoms with Crippen LogP contribution in [0.4, 0.5) is 0 Å². The standard InChI is InChI=1S/C50H27NO4/c52-49-37-11-3-7-15-43(37)54-45-21-17-28(26-39(45)49)30-23-31(29-18-22-46-40(27-29)50(53)38-12-4-8-16-44(38)55-46)25-32(24-30)33-19-20-35-34-9-1-5-13-41(34)51-42-14-6-2-10-36(42)47(33)48(35)51/h1-27H. The summed E-state index contributed by atoms with van der Waals surface area (Å²) in [6.45, 7) is 0. The zero-order valence-electron chi connectivity index (χ0n) is 29.2. The summed E-state index contributed by atoms with van der Waals surface area (Å²) < 4.78 is 14.8. The molecule has 0 saturated carbocycles. The van der Waals surface area contributed by atoms with Crippen LogP contribution in [0.2, 0.25) is 0 Å². The minimum atomic E-state index is -0.0633. The van der Waals surface area contributed by atoms with Gasteiger partial charge < -0.3 is 13.2 Å². The van der Waals surface area contributed by atoms with Gasteiger partial charge in [-0.2, -0.15) is 0 Å². The van der Waals surface area contributed by atoms with Gasteiger partial charge in [0.2, 0.25) is 10.9 Å². The first kappa shape index (κ1) is 30.0. The van der Waals surface area contributed by atoms with E-state index in [9.17, 15) is 9.59 Å². The van der Waals surface area contributed by atoms with Crippen LogP contribution in [0.15, 0.2) is 182 Å². The van der Waals surface area contributed by atoms with E-state index in [0.29, 0.717) is 43.9 Å². The number of hydrogen-bond donors (Lipinski definition) is 0. The van der Waals surface area contributed by atoms with E-state index >= 15 is 0 Å². The molecule has 0 aliphatic rings. The molecule has 12 rings (SSSR count). The van der Waals surface area contributed by atoms with Crippen molar-refractivity contribution >= 4 is 82.0 Å². The highest BCUT2D eigenvalue weighted by Crippen LogP contribution is 2.45. The van der Waals surface area contributed by atoms with Crippen LogP contribution in [0.3, 0.4) is 0 Å². The molecule has 5 heteroatoms. The molecule has 12 aromatic rings. The summed E-state index contributed by atoms with van der Waals surface area (Å²) in [6.07, 6.45) is 0. The molecule has 0 bridgehead atoms. The summed E-state index contributed by atoms with van der Waals surface area (Å²) in [5, 5.41) is 6.95. The lowest BCUT2D eigenvalue weighted by Crippen LogP contribution is -2.02. The summed E-state index contributed by atoms with van der Waals surface area (Å²) in [5.41, 5.74) is 11.4. The highest BCUT2D eigenvalue weighted by molar-refractivity contribution is 6.27. The van der Waals surface area contributed by atoms with Crippen molar-refractivity contribution in [2.24, 2.45) is 0 Å². The minimum absolute atomic E-state index is 0.0633. The molecular formula is C50H27NO4. The van der Waals surface area contributed by atoms with E-state index in [0.717, 1.165) is 38.9 Å². The average Bonchev–Trinajstić information content (AvgIpc) is 3.76. The van der Waals surface area contributed by atoms with E-state index in [1.165, 1.54) is 32.6 Å². The Labute approximate surface area is 311 Å². The number of para-hydroxylation sites is 4. The van der Waals surface area contributed by atoms with E-state index in [1.807, 2.05) is 84.9 Å². The molecule has 5 nitrogen and oxygen atoms in total. The molecule has 0 aliphatic heterocycles. The molecule has 4 heterocycles. The van der Waals surface area contributed by atoms with E-state index in [4.69, 9.17) is 8.83 Å². The molecule has 0 radical (unpaired) electrons. The van der Waals surface area contributed by atoms with Crippen molar-refractivity contribution in [3.63, 3.8) is 0 Å². The normalized spacial score (nSPS) is 12.1. The van der Waals surface area contributed by atoms with Crippen LogP contribution in [-0.2, 0) is 0 Å². The van der Waals surface area contributed by atoms with Gasteiger partial charge in [-0.25, -0.2) is 0 Å². The largest absolute Gasteiger partial charge is 0.456 e. The summed E-state index contributed by atoms with van der Waals surface area (Å²) in [6, 6.07) is 54.6. The molecule has 256 valence electrons. The van der Waals surface area contributed by atoms with Crippen LogP contribution in [0, 0.1) is 0 Å². The van der Waals surface area contributed by atoms with Gasteiger partial charge in [-0.1, -0.05) is 84.9 Å². The van der Waals surface area contributed by atoms with E-state index in [1.54, 1.807) is 0 Å². The highest BCUT2D eigenvalue weighted by atomic mass is 16.3. The van der Waals surface area contributed by atoms with Gasteiger partial charge in [0, 0.05) is 21.5 Å². The maximum Gasteiger partial charge on any atom is 0.200 e. The molecule has 0 aliphatic carbocycles. The van der Waals surface area contributed by atoms with Gasteiger partial charge in [0.05, 0.1) is 38.1 Å². The average molecular weight is 706 g/mol. The molecule has 0 atom stereocenters. The molecular weight excluding hydrogens is 679 g/mol. The number of fused-ring (bicyclic) bond motifs is 10. The third-order valence-corrected chi connectivity index (χ3v) is 11.3. The van der Waals surface area contributed by atoms with Crippen molar-refractivity contribution in [1.29, 1.82) is 0 Å². The molecule has 8 aromatic carbocycles. The van der Waals surface area contributed by atoms with Gasteiger partial charge >= 0.3 is 0 Å². The van der Waals surface area contributed by atoms with Gasteiger partial charge in [-0.3, -0.25) is 9.59 Å². The summed E-state index contributed by atoms with van der Waals surface area (Å²) >= 11 is 0. The summed E-state index contributed by atoms with van der Waals surface area (Å²) in [4.78, 5) is 27.6. The third-order valence-electron chi connectivity index (χ3n) is 11.3.